The molecule has 2 aromatic carbocycles. The van der Waals surface area contributed by atoms with E-state index in [2.05, 4.69) is 16.7 Å². The molecule has 0 unspecified atom stereocenters. The lowest BCUT2D eigenvalue weighted by atomic mass is 10.1. The lowest BCUT2D eigenvalue weighted by Crippen LogP contribution is -2.28. The van der Waals surface area contributed by atoms with E-state index in [-0.39, 0.29) is 0 Å². The van der Waals surface area contributed by atoms with Crippen molar-refractivity contribution in [3.63, 3.8) is 0 Å². The number of methoxy groups -OCH3 is 1. The van der Waals surface area contributed by atoms with Gasteiger partial charge in [-0.2, -0.15) is 0 Å². The van der Waals surface area contributed by atoms with Crippen LogP contribution in [0.15, 0.2) is 42.5 Å². The van der Waals surface area contributed by atoms with Crippen LogP contribution in [0.25, 0.3) is 0 Å². The molecular formula is C17H17ClN2O2S. The molecule has 0 heterocycles. The third-order valence-electron chi connectivity index (χ3n) is 3.17. The fourth-order valence-corrected chi connectivity index (χ4v) is 2.43. The van der Waals surface area contributed by atoms with E-state index < -0.39 is 5.97 Å². The summed E-state index contributed by atoms with van der Waals surface area (Å²) in [5, 5.41) is 6.95. The molecule has 0 fully saturated rings. The molecule has 0 aliphatic rings. The van der Waals surface area contributed by atoms with Gasteiger partial charge in [0.25, 0.3) is 0 Å². The maximum absolute atomic E-state index is 11.6. The molecule has 4 nitrogen and oxygen atoms in total. The third-order valence-corrected chi connectivity index (χ3v) is 3.74. The first kappa shape index (κ1) is 17.2. The average molecular weight is 349 g/mol. The topological polar surface area (TPSA) is 50.4 Å². The summed E-state index contributed by atoms with van der Waals surface area (Å²) < 4.78 is 4.69. The molecule has 0 saturated carbocycles. The first-order valence-electron chi connectivity index (χ1n) is 6.98. The number of halogens is 1. The number of hydrogen-bond donors (Lipinski definition) is 2. The van der Waals surface area contributed by atoms with Crippen LogP contribution in [0.5, 0.6) is 0 Å². The van der Waals surface area contributed by atoms with Gasteiger partial charge in [0.05, 0.1) is 17.7 Å². The molecule has 2 rings (SSSR count). The van der Waals surface area contributed by atoms with Crippen LogP contribution in [-0.4, -0.2) is 18.2 Å². The molecule has 0 bridgehead atoms. The van der Waals surface area contributed by atoms with Crippen LogP contribution in [0.2, 0.25) is 5.02 Å². The number of esters is 1. The molecule has 0 spiro atoms. The molecule has 0 radical (unpaired) electrons. The van der Waals surface area contributed by atoms with Crippen molar-refractivity contribution in [2.75, 3.05) is 12.4 Å². The van der Waals surface area contributed by atoms with Gasteiger partial charge in [0.1, 0.15) is 0 Å². The second-order valence-corrected chi connectivity index (χ2v) is 5.80. The standard InChI is InChI=1S/C17H17ClN2O2S/c1-11-4-3-5-12(8-11)10-19-17(23)20-13-6-7-15(18)14(9-13)16(21)22-2/h3-9H,10H2,1-2H3,(H2,19,20,23). The molecule has 0 aromatic heterocycles. The Hall–Kier alpha value is -2.11. The normalized spacial score (nSPS) is 10.0. The van der Waals surface area contributed by atoms with Crippen LogP contribution < -0.4 is 10.6 Å². The van der Waals surface area contributed by atoms with E-state index in [1.807, 2.05) is 25.1 Å². The first-order valence-corrected chi connectivity index (χ1v) is 7.76. The Morgan fingerprint density at radius 2 is 2.04 bits per heavy atom. The van der Waals surface area contributed by atoms with Crippen molar-refractivity contribution in [1.29, 1.82) is 0 Å². The maximum Gasteiger partial charge on any atom is 0.339 e. The van der Waals surface area contributed by atoms with Gasteiger partial charge < -0.3 is 15.4 Å². The number of benzene rings is 2. The Bertz CT molecular complexity index is 734. The predicted octanol–water partition coefficient (Wildman–Crippen LogP) is 3.92. The minimum atomic E-state index is -0.489. The molecule has 0 atom stereocenters. The number of thiocarbonyl (C=S) groups is 1. The highest BCUT2D eigenvalue weighted by Gasteiger charge is 2.11. The molecule has 0 aliphatic heterocycles. The van der Waals surface area contributed by atoms with Gasteiger partial charge in [-0.05, 0) is 42.9 Å². The van der Waals surface area contributed by atoms with Gasteiger partial charge in [0, 0.05) is 12.2 Å². The summed E-state index contributed by atoms with van der Waals surface area (Å²) in [6.07, 6.45) is 0. The van der Waals surface area contributed by atoms with Crippen LogP contribution in [0.3, 0.4) is 0 Å². The quantitative estimate of drug-likeness (QED) is 0.648. The lowest BCUT2D eigenvalue weighted by molar-refractivity contribution is 0.0601. The van der Waals surface area contributed by atoms with Gasteiger partial charge in [-0.25, -0.2) is 4.79 Å². The van der Waals surface area contributed by atoms with Gasteiger partial charge in [0.15, 0.2) is 5.11 Å². The zero-order valence-corrected chi connectivity index (χ0v) is 14.4. The van der Waals surface area contributed by atoms with Crippen molar-refractivity contribution < 1.29 is 9.53 Å². The van der Waals surface area contributed by atoms with Crippen LogP contribution in [0, 0.1) is 6.92 Å². The molecule has 2 N–H and O–H groups in total. The minimum absolute atomic E-state index is 0.292. The first-order chi connectivity index (χ1) is 11.0. The summed E-state index contributed by atoms with van der Waals surface area (Å²) in [6.45, 7) is 2.66. The monoisotopic (exact) mass is 348 g/mol. The lowest BCUT2D eigenvalue weighted by Gasteiger charge is -2.12. The predicted molar refractivity (Wildman–Crippen MR) is 97.0 cm³/mol. The molecule has 0 amide bonds. The van der Waals surface area contributed by atoms with E-state index in [4.69, 9.17) is 28.6 Å². The number of aryl methyl sites for hydroxylation is 1. The molecule has 6 heteroatoms. The second kappa shape index (κ2) is 7.94. The van der Waals surface area contributed by atoms with Crippen LogP contribution >= 0.6 is 23.8 Å². The summed E-state index contributed by atoms with van der Waals surface area (Å²) in [6, 6.07) is 13.1. The summed E-state index contributed by atoms with van der Waals surface area (Å²) in [5.74, 6) is -0.489. The Balaban J connectivity index is 1.99. The van der Waals surface area contributed by atoms with E-state index in [1.165, 1.54) is 12.7 Å². The summed E-state index contributed by atoms with van der Waals surface area (Å²) >= 11 is 11.3. The minimum Gasteiger partial charge on any atom is -0.465 e. The Kier molecular flexibility index (Phi) is 5.96. The number of carbonyl (C=O) groups excluding carboxylic acids is 1. The zero-order valence-electron chi connectivity index (χ0n) is 12.9. The molecule has 0 saturated heterocycles. The summed E-state index contributed by atoms with van der Waals surface area (Å²) in [4.78, 5) is 11.6. The van der Waals surface area contributed by atoms with Crippen molar-refractivity contribution in [3.05, 3.63) is 64.2 Å². The number of nitrogens with one attached hydrogen (secondary N) is 2. The van der Waals surface area contributed by atoms with Gasteiger partial charge in [-0.15, -0.1) is 0 Å². The van der Waals surface area contributed by atoms with Crippen molar-refractivity contribution in [2.45, 2.75) is 13.5 Å². The fraction of sp³-hybridized carbons (Fsp3) is 0.176. The van der Waals surface area contributed by atoms with Crippen molar-refractivity contribution in [3.8, 4) is 0 Å². The smallest absolute Gasteiger partial charge is 0.339 e. The molecule has 23 heavy (non-hydrogen) atoms. The molecule has 120 valence electrons. The van der Waals surface area contributed by atoms with Crippen molar-refractivity contribution in [2.24, 2.45) is 0 Å². The molecule has 0 aliphatic carbocycles. The van der Waals surface area contributed by atoms with E-state index in [9.17, 15) is 4.79 Å². The highest BCUT2D eigenvalue weighted by Crippen LogP contribution is 2.21. The van der Waals surface area contributed by atoms with Crippen LogP contribution in [0.4, 0.5) is 5.69 Å². The highest BCUT2D eigenvalue weighted by molar-refractivity contribution is 7.80. The number of carbonyl (C=O) groups is 1. The third kappa shape index (κ3) is 4.94. The summed E-state index contributed by atoms with van der Waals surface area (Å²) in [7, 11) is 1.31. The number of hydrogen-bond acceptors (Lipinski definition) is 3. The van der Waals surface area contributed by atoms with E-state index in [0.29, 0.717) is 27.9 Å². The Labute approximate surface area is 145 Å². The largest absolute Gasteiger partial charge is 0.465 e. The van der Waals surface area contributed by atoms with Crippen LogP contribution in [0.1, 0.15) is 21.5 Å². The number of anilines is 1. The van der Waals surface area contributed by atoms with Gasteiger partial charge in [-0.3, -0.25) is 0 Å². The molecule has 2 aromatic rings. The Morgan fingerprint density at radius 1 is 1.26 bits per heavy atom. The van der Waals surface area contributed by atoms with E-state index in [1.54, 1.807) is 18.2 Å². The van der Waals surface area contributed by atoms with Crippen LogP contribution in [-0.2, 0) is 11.3 Å². The average Bonchev–Trinajstić information content (AvgIpc) is 2.54. The van der Waals surface area contributed by atoms with Crippen molar-refractivity contribution in [1.82, 2.24) is 5.32 Å². The number of ether oxygens (including phenoxy) is 1. The zero-order chi connectivity index (χ0) is 16.8. The van der Waals surface area contributed by atoms with Gasteiger partial charge >= 0.3 is 5.97 Å². The van der Waals surface area contributed by atoms with E-state index in [0.717, 1.165) is 5.56 Å². The van der Waals surface area contributed by atoms with Crippen molar-refractivity contribution >= 4 is 40.6 Å². The SMILES string of the molecule is COC(=O)c1cc(NC(=S)NCc2cccc(C)c2)ccc1Cl. The van der Waals surface area contributed by atoms with Gasteiger partial charge in [0.2, 0.25) is 0 Å². The van der Waals surface area contributed by atoms with E-state index >= 15 is 0 Å². The Morgan fingerprint density at radius 3 is 2.74 bits per heavy atom. The highest BCUT2D eigenvalue weighted by atomic mass is 35.5. The summed E-state index contributed by atoms with van der Waals surface area (Å²) in [5.41, 5.74) is 3.29. The fourth-order valence-electron chi connectivity index (χ4n) is 2.05. The molecular weight excluding hydrogens is 332 g/mol. The second-order valence-electron chi connectivity index (χ2n) is 4.98. The number of rotatable bonds is 4. The maximum atomic E-state index is 11.6. The van der Waals surface area contributed by atoms with Gasteiger partial charge in [-0.1, -0.05) is 41.4 Å².